The van der Waals surface area contributed by atoms with Gasteiger partial charge in [-0.25, -0.2) is 4.98 Å². The molecular formula is C9H19IN6. The van der Waals surface area contributed by atoms with E-state index in [1.54, 1.807) is 11.0 Å². The van der Waals surface area contributed by atoms with Gasteiger partial charge in [0, 0.05) is 13.1 Å². The predicted octanol–water partition coefficient (Wildman–Crippen LogP) is 0.553. The van der Waals surface area contributed by atoms with Crippen LogP contribution in [0.3, 0.4) is 0 Å². The highest BCUT2D eigenvalue weighted by Crippen LogP contribution is 1.88. The summed E-state index contributed by atoms with van der Waals surface area (Å²) in [5.41, 5.74) is 5.81. The normalized spacial score (nSPS) is 11.0. The second-order valence-corrected chi connectivity index (χ2v) is 3.07. The van der Waals surface area contributed by atoms with Crippen molar-refractivity contribution < 1.29 is 0 Å². The average molecular weight is 338 g/mol. The van der Waals surface area contributed by atoms with Gasteiger partial charge in [-0.1, -0.05) is 0 Å². The van der Waals surface area contributed by atoms with Crippen LogP contribution in [0.2, 0.25) is 0 Å². The molecule has 1 aromatic heterocycles. The molecule has 0 spiro atoms. The molecule has 1 rings (SSSR count). The molecule has 0 saturated heterocycles. The Morgan fingerprint density at radius 3 is 2.62 bits per heavy atom. The summed E-state index contributed by atoms with van der Waals surface area (Å²) < 4.78 is 1.74. The highest BCUT2D eigenvalue weighted by Gasteiger charge is 2.00. The highest BCUT2D eigenvalue weighted by molar-refractivity contribution is 14.0. The van der Waals surface area contributed by atoms with Gasteiger partial charge in [-0.05, 0) is 13.8 Å². The molecule has 7 heteroatoms. The number of nitrogens with zero attached hydrogens (tertiary/aromatic N) is 5. The van der Waals surface area contributed by atoms with E-state index in [1.807, 2.05) is 4.90 Å². The maximum Gasteiger partial charge on any atom is 0.191 e. The number of halogens is 1. The first kappa shape index (κ1) is 15.1. The van der Waals surface area contributed by atoms with Crippen LogP contribution in [0.25, 0.3) is 0 Å². The zero-order chi connectivity index (χ0) is 11.1. The molecule has 0 aliphatic rings. The molecule has 6 nitrogen and oxygen atoms in total. The van der Waals surface area contributed by atoms with Crippen LogP contribution < -0.4 is 5.73 Å². The Labute approximate surface area is 113 Å². The summed E-state index contributed by atoms with van der Waals surface area (Å²) in [6.45, 7) is 7.23. The van der Waals surface area contributed by atoms with Gasteiger partial charge in [-0.3, -0.25) is 9.67 Å². The lowest BCUT2D eigenvalue weighted by molar-refractivity contribution is 0.457. The van der Waals surface area contributed by atoms with Crippen molar-refractivity contribution in [3.63, 3.8) is 0 Å². The van der Waals surface area contributed by atoms with Gasteiger partial charge in [-0.15, -0.1) is 24.0 Å². The first-order valence-corrected chi connectivity index (χ1v) is 5.15. The minimum atomic E-state index is 0. The van der Waals surface area contributed by atoms with Crippen LogP contribution in [-0.4, -0.2) is 45.3 Å². The third-order valence-corrected chi connectivity index (χ3v) is 2.16. The minimum absolute atomic E-state index is 0. The van der Waals surface area contributed by atoms with Crippen molar-refractivity contribution in [2.24, 2.45) is 10.7 Å². The fourth-order valence-electron chi connectivity index (χ4n) is 1.26. The zero-order valence-electron chi connectivity index (χ0n) is 9.70. The Balaban J connectivity index is 0.00000225. The Kier molecular flexibility index (Phi) is 7.86. The molecule has 0 aliphatic carbocycles. The second kappa shape index (κ2) is 8.31. The first-order chi connectivity index (χ1) is 7.27. The largest absolute Gasteiger partial charge is 0.370 e. The van der Waals surface area contributed by atoms with Gasteiger partial charge in [0.05, 0.1) is 13.1 Å². The molecule has 1 aromatic rings. The Bertz CT molecular complexity index is 293. The van der Waals surface area contributed by atoms with Crippen molar-refractivity contribution in [3.8, 4) is 0 Å². The first-order valence-electron chi connectivity index (χ1n) is 5.15. The summed E-state index contributed by atoms with van der Waals surface area (Å²) in [6.07, 6.45) is 3.18. The number of aliphatic imine (C=N–C) groups is 1. The molecule has 0 bridgehead atoms. The zero-order valence-corrected chi connectivity index (χ0v) is 12.0. The molecule has 0 aliphatic heterocycles. The Hall–Kier alpha value is -0.860. The monoisotopic (exact) mass is 338 g/mol. The lowest BCUT2D eigenvalue weighted by Crippen LogP contribution is -2.37. The van der Waals surface area contributed by atoms with Crippen LogP contribution in [0.4, 0.5) is 0 Å². The average Bonchev–Trinajstić information content (AvgIpc) is 2.72. The van der Waals surface area contributed by atoms with E-state index in [0.717, 1.165) is 13.1 Å². The maximum absolute atomic E-state index is 5.81. The van der Waals surface area contributed by atoms with Crippen molar-refractivity contribution in [1.82, 2.24) is 19.7 Å². The Morgan fingerprint density at radius 1 is 1.44 bits per heavy atom. The van der Waals surface area contributed by atoms with E-state index in [0.29, 0.717) is 19.0 Å². The molecule has 2 N–H and O–H groups in total. The molecule has 0 amide bonds. The summed E-state index contributed by atoms with van der Waals surface area (Å²) in [4.78, 5) is 10.1. The highest BCUT2D eigenvalue weighted by atomic mass is 127. The lowest BCUT2D eigenvalue weighted by atomic mass is 10.5. The summed E-state index contributed by atoms with van der Waals surface area (Å²) in [6, 6.07) is 0. The number of hydrogen-bond acceptors (Lipinski definition) is 3. The number of aromatic nitrogens is 3. The molecule has 0 fully saturated rings. The fraction of sp³-hybridized carbons (Fsp3) is 0.667. The van der Waals surface area contributed by atoms with E-state index in [2.05, 4.69) is 28.9 Å². The van der Waals surface area contributed by atoms with Crippen molar-refractivity contribution in [1.29, 1.82) is 0 Å². The van der Waals surface area contributed by atoms with Gasteiger partial charge in [0.1, 0.15) is 12.7 Å². The van der Waals surface area contributed by atoms with E-state index >= 15 is 0 Å². The SMILES string of the molecule is CCN(CC)C(N)=NCCn1cncn1.I. The van der Waals surface area contributed by atoms with Crippen molar-refractivity contribution in [3.05, 3.63) is 12.7 Å². The quantitative estimate of drug-likeness (QED) is 0.484. The molecule has 0 radical (unpaired) electrons. The van der Waals surface area contributed by atoms with Crippen molar-refractivity contribution in [2.75, 3.05) is 19.6 Å². The van der Waals surface area contributed by atoms with Gasteiger partial charge in [0.2, 0.25) is 0 Å². The van der Waals surface area contributed by atoms with E-state index in [9.17, 15) is 0 Å². The number of hydrogen-bond donors (Lipinski definition) is 1. The predicted molar refractivity (Wildman–Crippen MR) is 74.8 cm³/mol. The van der Waals surface area contributed by atoms with Gasteiger partial charge in [0.25, 0.3) is 0 Å². The van der Waals surface area contributed by atoms with Crippen LogP contribution in [-0.2, 0) is 6.54 Å². The Morgan fingerprint density at radius 2 is 2.12 bits per heavy atom. The molecule has 0 aromatic carbocycles. The number of rotatable bonds is 5. The van der Waals surface area contributed by atoms with Crippen molar-refractivity contribution in [2.45, 2.75) is 20.4 Å². The van der Waals surface area contributed by atoms with E-state index in [1.165, 1.54) is 6.33 Å². The summed E-state index contributed by atoms with van der Waals surface area (Å²) in [5, 5.41) is 3.98. The van der Waals surface area contributed by atoms with Crippen LogP contribution in [0.1, 0.15) is 13.8 Å². The maximum atomic E-state index is 5.81. The van der Waals surface area contributed by atoms with E-state index in [4.69, 9.17) is 5.73 Å². The summed E-state index contributed by atoms with van der Waals surface area (Å²) in [7, 11) is 0. The molecular weight excluding hydrogens is 319 g/mol. The molecule has 0 unspecified atom stereocenters. The van der Waals surface area contributed by atoms with Crippen LogP contribution in [0.15, 0.2) is 17.6 Å². The fourth-order valence-corrected chi connectivity index (χ4v) is 1.26. The number of guanidine groups is 1. The molecule has 1 heterocycles. The molecule has 16 heavy (non-hydrogen) atoms. The van der Waals surface area contributed by atoms with E-state index in [-0.39, 0.29) is 24.0 Å². The number of nitrogens with two attached hydrogens (primary N) is 1. The van der Waals surface area contributed by atoms with Gasteiger partial charge >= 0.3 is 0 Å². The van der Waals surface area contributed by atoms with Crippen molar-refractivity contribution >= 4 is 29.9 Å². The molecule has 0 saturated carbocycles. The molecule has 0 atom stereocenters. The van der Waals surface area contributed by atoms with Crippen LogP contribution in [0.5, 0.6) is 0 Å². The lowest BCUT2D eigenvalue weighted by Gasteiger charge is -2.19. The van der Waals surface area contributed by atoms with E-state index < -0.39 is 0 Å². The smallest absolute Gasteiger partial charge is 0.191 e. The van der Waals surface area contributed by atoms with Gasteiger partial charge in [-0.2, -0.15) is 5.10 Å². The molecule has 92 valence electrons. The third-order valence-electron chi connectivity index (χ3n) is 2.16. The standard InChI is InChI=1S/C9H18N6.HI/c1-3-14(4-2)9(10)12-5-6-15-8-11-7-13-15;/h7-8H,3-6H2,1-2H3,(H2,10,12);1H. The summed E-state index contributed by atoms with van der Waals surface area (Å²) in [5.74, 6) is 0.597. The van der Waals surface area contributed by atoms with Gasteiger partial charge in [0.15, 0.2) is 5.96 Å². The third kappa shape index (κ3) is 4.77. The van der Waals surface area contributed by atoms with Gasteiger partial charge < -0.3 is 10.6 Å². The summed E-state index contributed by atoms with van der Waals surface area (Å²) >= 11 is 0. The topological polar surface area (TPSA) is 72.3 Å². The van der Waals surface area contributed by atoms with Crippen LogP contribution in [0, 0.1) is 0 Å². The van der Waals surface area contributed by atoms with Crippen LogP contribution >= 0.6 is 24.0 Å². The second-order valence-electron chi connectivity index (χ2n) is 3.07. The minimum Gasteiger partial charge on any atom is -0.370 e.